The zero-order valence-corrected chi connectivity index (χ0v) is 20.5. The molecule has 8 nitrogen and oxygen atoms in total. The van der Waals surface area contributed by atoms with Crippen molar-refractivity contribution in [2.75, 3.05) is 10.7 Å². The lowest BCUT2D eigenvalue weighted by molar-refractivity contribution is 0.0697. The highest BCUT2D eigenvalue weighted by atomic mass is 32.2. The van der Waals surface area contributed by atoms with E-state index >= 15 is 0 Å². The Morgan fingerprint density at radius 3 is 2.60 bits per heavy atom. The number of aromatic carboxylic acids is 1. The lowest BCUT2D eigenvalue weighted by Gasteiger charge is -2.30. The van der Waals surface area contributed by atoms with E-state index in [1.54, 1.807) is 23.9 Å². The number of nitrogens with one attached hydrogen (secondary N) is 1. The highest BCUT2D eigenvalue weighted by molar-refractivity contribution is 8.15. The zero-order valence-electron chi connectivity index (χ0n) is 18.9. The minimum absolute atomic E-state index is 0.268. The number of carboxylic acids is 1. The largest absolute Gasteiger partial charge is 0.478 e. The number of thioether (sulfide) groups is 1. The van der Waals surface area contributed by atoms with Crippen LogP contribution in [-0.2, 0) is 6.54 Å². The molecule has 0 fully saturated rings. The second-order valence-electron chi connectivity index (χ2n) is 7.87. The van der Waals surface area contributed by atoms with E-state index in [4.69, 9.17) is 4.40 Å². The van der Waals surface area contributed by atoms with Crippen LogP contribution in [0.15, 0.2) is 76.0 Å². The summed E-state index contributed by atoms with van der Waals surface area (Å²) in [7, 11) is 0. The number of benzene rings is 3. The summed E-state index contributed by atoms with van der Waals surface area (Å²) in [5.41, 5.74) is 5.20. The number of H-pyrrole nitrogens is 1. The van der Waals surface area contributed by atoms with Crippen molar-refractivity contribution in [3.05, 3.63) is 77.9 Å². The number of tetrazole rings is 1. The lowest BCUT2D eigenvalue weighted by Crippen LogP contribution is -2.30. The molecule has 0 saturated carbocycles. The van der Waals surface area contributed by atoms with Gasteiger partial charge in [-0.2, -0.15) is 9.61 Å². The molecule has 0 amide bonds. The molecule has 5 rings (SSSR count). The van der Waals surface area contributed by atoms with E-state index in [1.165, 1.54) is 11.9 Å². The third-order valence-electron chi connectivity index (χ3n) is 5.50. The number of rotatable bonds is 7. The molecule has 1 aliphatic rings. The molecular weight excluding hydrogens is 480 g/mol. The summed E-state index contributed by atoms with van der Waals surface area (Å²) in [5, 5.41) is 24.9. The molecule has 2 heterocycles. The topological polar surface area (TPSA) is 107 Å². The van der Waals surface area contributed by atoms with Crippen LogP contribution in [0.3, 0.4) is 0 Å². The molecule has 10 heteroatoms. The van der Waals surface area contributed by atoms with Crippen LogP contribution in [0.1, 0.15) is 29.3 Å². The molecule has 2 N–H and O–H groups in total. The summed E-state index contributed by atoms with van der Waals surface area (Å²) in [5.74, 6) is 0.554. The van der Waals surface area contributed by atoms with Crippen molar-refractivity contribution < 1.29 is 9.90 Å². The predicted molar refractivity (Wildman–Crippen MR) is 141 cm³/mol. The van der Waals surface area contributed by atoms with Gasteiger partial charge in [0.1, 0.15) is 0 Å². The standard InChI is InChI=1S/C25H22N6O2S2/c1-2-13-34-25-28-35-22-12-11-18(24(32)33)14-21(22)31(25)15-16-7-9-17(10-8-16)19-5-3-4-6-20(19)23-26-29-30-27-23/h3-12,14H,2,13,15H2,1H3,(H,32,33)(H,26,27,29,30). The van der Waals surface area contributed by atoms with Crippen LogP contribution >= 0.6 is 23.7 Å². The van der Waals surface area contributed by atoms with Gasteiger partial charge in [0.15, 0.2) is 5.17 Å². The first-order chi connectivity index (χ1) is 17.1. The Hall–Kier alpha value is -3.63. The summed E-state index contributed by atoms with van der Waals surface area (Å²) < 4.78 is 4.72. The average Bonchev–Trinajstić information content (AvgIpc) is 3.43. The van der Waals surface area contributed by atoms with Crippen molar-refractivity contribution in [1.29, 1.82) is 0 Å². The summed E-state index contributed by atoms with van der Waals surface area (Å²) >= 11 is 3.08. The van der Waals surface area contributed by atoms with Crippen LogP contribution in [0, 0.1) is 0 Å². The van der Waals surface area contributed by atoms with Crippen LogP contribution < -0.4 is 4.90 Å². The molecule has 176 valence electrons. The monoisotopic (exact) mass is 502 g/mol. The average molecular weight is 503 g/mol. The fourth-order valence-corrected chi connectivity index (χ4v) is 5.50. The summed E-state index contributed by atoms with van der Waals surface area (Å²) in [4.78, 5) is 14.7. The van der Waals surface area contributed by atoms with Crippen LogP contribution in [0.5, 0.6) is 0 Å². The first-order valence-corrected chi connectivity index (χ1v) is 12.8. The van der Waals surface area contributed by atoms with Crippen molar-refractivity contribution in [3.8, 4) is 22.5 Å². The normalized spacial score (nSPS) is 12.8. The Kier molecular flexibility index (Phi) is 6.82. The van der Waals surface area contributed by atoms with Crippen molar-refractivity contribution in [2.24, 2.45) is 4.40 Å². The van der Waals surface area contributed by atoms with Crippen molar-refractivity contribution in [1.82, 2.24) is 20.6 Å². The number of hydrogen-bond acceptors (Lipinski definition) is 8. The van der Waals surface area contributed by atoms with Gasteiger partial charge in [0, 0.05) is 23.3 Å². The fourth-order valence-electron chi connectivity index (χ4n) is 3.81. The van der Waals surface area contributed by atoms with E-state index in [0.717, 1.165) is 50.2 Å². The Morgan fingerprint density at radius 1 is 1.09 bits per heavy atom. The van der Waals surface area contributed by atoms with Gasteiger partial charge < -0.3 is 10.0 Å². The van der Waals surface area contributed by atoms with Gasteiger partial charge >= 0.3 is 5.97 Å². The third kappa shape index (κ3) is 4.94. The Bertz CT molecular complexity index is 1370. The maximum atomic E-state index is 11.6. The van der Waals surface area contributed by atoms with Gasteiger partial charge in [0.25, 0.3) is 0 Å². The summed E-state index contributed by atoms with van der Waals surface area (Å²) in [6, 6.07) is 21.5. The van der Waals surface area contributed by atoms with E-state index in [2.05, 4.69) is 56.7 Å². The molecule has 1 aliphatic heterocycles. The number of aromatic amines is 1. The molecule has 3 aromatic carbocycles. The second-order valence-corrected chi connectivity index (χ2v) is 9.73. The molecule has 0 saturated heterocycles. The van der Waals surface area contributed by atoms with Crippen LogP contribution in [0.4, 0.5) is 5.69 Å². The van der Waals surface area contributed by atoms with E-state index < -0.39 is 5.97 Å². The molecular formula is C25H22N6O2S2. The van der Waals surface area contributed by atoms with Crippen LogP contribution in [0.25, 0.3) is 22.5 Å². The van der Waals surface area contributed by atoms with E-state index in [0.29, 0.717) is 12.4 Å². The number of nitrogens with zero attached hydrogens (tertiary/aromatic N) is 5. The number of aromatic nitrogens is 4. The van der Waals surface area contributed by atoms with Crippen molar-refractivity contribution in [3.63, 3.8) is 0 Å². The van der Waals surface area contributed by atoms with Gasteiger partial charge in [-0.25, -0.2) is 4.79 Å². The molecule has 0 spiro atoms. The molecule has 0 atom stereocenters. The number of amidine groups is 1. The number of anilines is 1. The molecule has 0 aliphatic carbocycles. The SMILES string of the molecule is CCCSC1=NSc2ccc(C(=O)O)cc2N1Cc1ccc(-c2ccccc2-c2nn[nH]n2)cc1. The zero-order chi connectivity index (χ0) is 24.2. The van der Waals surface area contributed by atoms with Crippen LogP contribution in [-0.4, -0.2) is 42.6 Å². The number of hydrogen-bond donors (Lipinski definition) is 2. The molecule has 0 unspecified atom stereocenters. The van der Waals surface area contributed by atoms with Crippen molar-refractivity contribution in [2.45, 2.75) is 24.8 Å². The van der Waals surface area contributed by atoms with E-state index in [9.17, 15) is 9.90 Å². The summed E-state index contributed by atoms with van der Waals surface area (Å²) in [6.45, 7) is 2.72. The number of carboxylic acid groups (broad SMARTS) is 1. The third-order valence-corrected chi connectivity index (χ3v) is 7.61. The maximum Gasteiger partial charge on any atom is 0.335 e. The van der Waals surface area contributed by atoms with Gasteiger partial charge in [-0.15, -0.1) is 10.2 Å². The van der Waals surface area contributed by atoms with Gasteiger partial charge in [0.05, 0.1) is 22.7 Å². The van der Waals surface area contributed by atoms with E-state index in [1.807, 2.05) is 30.3 Å². The predicted octanol–water partition coefficient (Wildman–Crippen LogP) is 5.76. The molecule has 1 aromatic heterocycles. The Labute approximate surface area is 211 Å². The first kappa shape index (κ1) is 23.1. The minimum Gasteiger partial charge on any atom is -0.478 e. The van der Waals surface area contributed by atoms with Gasteiger partial charge in [-0.1, -0.05) is 67.2 Å². The maximum absolute atomic E-state index is 11.6. The first-order valence-electron chi connectivity index (χ1n) is 11.1. The molecule has 0 radical (unpaired) electrons. The quantitative estimate of drug-likeness (QED) is 0.307. The Balaban J connectivity index is 1.45. The summed E-state index contributed by atoms with van der Waals surface area (Å²) in [6.07, 6.45) is 1.03. The van der Waals surface area contributed by atoms with Crippen LogP contribution in [0.2, 0.25) is 0 Å². The Morgan fingerprint density at radius 2 is 1.89 bits per heavy atom. The van der Waals surface area contributed by atoms with Gasteiger partial charge in [-0.3, -0.25) is 0 Å². The van der Waals surface area contributed by atoms with Crippen molar-refractivity contribution >= 4 is 40.5 Å². The fraction of sp³-hybridized carbons (Fsp3) is 0.160. The molecule has 35 heavy (non-hydrogen) atoms. The highest BCUT2D eigenvalue weighted by Crippen LogP contribution is 2.40. The smallest absolute Gasteiger partial charge is 0.335 e. The van der Waals surface area contributed by atoms with Gasteiger partial charge in [0.2, 0.25) is 5.82 Å². The molecule has 4 aromatic rings. The second kappa shape index (κ2) is 10.3. The highest BCUT2D eigenvalue weighted by Gasteiger charge is 2.24. The number of fused-ring (bicyclic) bond motifs is 1. The number of carbonyl (C=O) groups is 1. The van der Waals surface area contributed by atoms with E-state index in [-0.39, 0.29) is 5.56 Å². The lowest BCUT2D eigenvalue weighted by atomic mass is 9.98. The molecule has 0 bridgehead atoms. The van der Waals surface area contributed by atoms with Gasteiger partial charge in [-0.05, 0) is 46.5 Å². The minimum atomic E-state index is -0.937.